The van der Waals surface area contributed by atoms with Crippen LogP contribution in [0.4, 0.5) is 5.69 Å². The molecule has 1 heterocycles. The summed E-state index contributed by atoms with van der Waals surface area (Å²) in [6, 6.07) is 6.83. The van der Waals surface area contributed by atoms with Gasteiger partial charge in [-0.1, -0.05) is 18.9 Å². The third-order valence-corrected chi connectivity index (χ3v) is 4.02. The van der Waals surface area contributed by atoms with Gasteiger partial charge in [0.15, 0.2) is 6.61 Å². The van der Waals surface area contributed by atoms with Gasteiger partial charge in [-0.15, -0.1) is 0 Å². The average Bonchev–Trinajstić information content (AvgIpc) is 2.59. The summed E-state index contributed by atoms with van der Waals surface area (Å²) in [6.07, 6.45) is 4.50. The Balaban J connectivity index is 1.88. The maximum Gasteiger partial charge on any atom is 0.257 e. The molecule has 7 heteroatoms. The first-order chi connectivity index (χ1) is 12.1. The van der Waals surface area contributed by atoms with Gasteiger partial charge >= 0.3 is 0 Å². The second kappa shape index (κ2) is 9.66. The van der Waals surface area contributed by atoms with Crippen molar-refractivity contribution >= 4 is 23.4 Å². The largest absolute Gasteiger partial charge is 0.484 e. The quantitative estimate of drug-likeness (QED) is 0.817. The highest BCUT2D eigenvalue weighted by Crippen LogP contribution is 2.17. The van der Waals surface area contributed by atoms with Crippen molar-refractivity contribution in [3.05, 3.63) is 24.3 Å². The molecule has 0 atom stereocenters. The van der Waals surface area contributed by atoms with Gasteiger partial charge in [0.05, 0.1) is 6.54 Å². The highest BCUT2D eigenvalue weighted by molar-refractivity contribution is 5.94. The average molecular weight is 347 g/mol. The molecule has 2 rings (SSSR count). The molecule has 0 aliphatic carbocycles. The molecule has 136 valence electrons. The zero-order valence-corrected chi connectivity index (χ0v) is 14.5. The van der Waals surface area contributed by atoms with Crippen molar-refractivity contribution in [2.24, 2.45) is 0 Å². The Morgan fingerprint density at radius 3 is 2.76 bits per heavy atom. The fourth-order valence-corrected chi connectivity index (χ4v) is 2.64. The molecule has 0 spiro atoms. The first-order valence-electron chi connectivity index (χ1n) is 8.59. The van der Waals surface area contributed by atoms with Crippen LogP contribution in [0.15, 0.2) is 24.3 Å². The molecule has 0 radical (unpaired) electrons. The summed E-state index contributed by atoms with van der Waals surface area (Å²) in [4.78, 5) is 37.1. The molecule has 1 aromatic rings. The minimum absolute atomic E-state index is 0.0394. The highest BCUT2D eigenvalue weighted by atomic mass is 16.5. The standard InChI is InChI=1S/C18H25N3O4/c1-19-17(23)13-25-15-8-6-7-14(11-15)20-16(22)12-21-10-5-3-2-4-9-18(21)24/h6-8,11H,2-5,9-10,12-13H2,1H3,(H,19,23)(H,20,22). The zero-order valence-electron chi connectivity index (χ0n) is 14.5. The van der Waals surface area contributed by atoms with E-state index in [1.807, 2.05) is 0 Å². The Kier molecular flexibility index (Phi) is 7.25. The van der Waals surface area contributed by atoms with Crippen molar-refractivity contribution in [3.8, 4) is 5.75 Å². The number of rotatable bonds is 6. The van der Waals surface area contributed by atoms with E-state index in [4.69, 9.17) is 4.74 Å². The van der Waals surface area contributed by atoms with Crippen LogP contribution in [-0.2, 0) is 14.4 Å². The van der Waals surface area contributed by atoms with Crippen LogP contribution in [0.2, 0.25) is 0 Å². The van der Waals surface area contributed by atoms with Gasteiger partial charge in [-0.05, 0) is 25.0 Å². The van der Waals surface area contributed by atoms with E-state index < -0.39 is 0 Å². The number of amides is 3. The lowest BCUT2D eigenvalue weighted by Gasteiger charge is -2.24. The number of ether oxygens (including phenoxy) is 1. The number of nitrogens with one attached hydrogen (secondary N) is 2. The molecule has 1 saturated heterocycles. The lowest BCUT2D eigenvalue weighted by atomic mass is 10.1. The summed E-state index contributed by atoms with van der Waals surface area (Å²) in [6.45, 7) is 0.597. The van der Waals surface area contributed by atoms with Crippen LogP contribution >= 0.6 is 0 Å². The molecule has 7 nitrogen and oxygen atoms in total. The summed E-state index contributed by atoms with van der Waals surface area (Å²) < 4.78 is 5.35. The van der Waals surface area contributed by atoms with Gasteiger partial charge in [-0.2, -0.15) is 0 Å². The predicted molar refractivity (Wildman–Crippen MR) is 94.3 cm³/mol. The van der Waals surface area contributed by atoms with Crippen LogP contribution in [0.5, 0.6) is 5.75 Å². The predicted octanol–water partition coefficient (Wildman–Crippen LogP) is 1.54. The maximum atomic E-state index is 12.2. The fraction of sp³-hybridized carbons (Fsp3) is 0.500. The van der Waals surface area contributed by atoms with Crippen molar-refractivity contribution in [2.45, 2.75) is 32.1 Å². The van der Waals surface area contributed by atoms with Crippen molar-refractivity contribution in [2.75, 3.05) is 32.1 Å². The van der Waals surface area contributed by atoms with Gasteiger partial charge < -0.3 is 20.3 Å². The number of anilines is 1. The molecule has 0 unspecified atom stereocenters. The molecule has 1 aromatic carbocycles. The first kappa shape index (κ1) is 18.8. The van der Waals surface area contributed by atoms with E-state index in [2.05, 4.69) is 10.6 Å². The molecule has 1 aliphatic rings. The van der Waals surface area contributed by atoms with Crippen LogP contribution in [0.25, 0.3) is 0 Å². The minimum atomic E-state index is -0.239. The third-order valence-electron chi connectivity index (χ3n) is 4.02. The number of carbonyl (C=O) groups excluding carboxylic acids is 3. The molecular weight excluding hydrogens is 322 g/mol. The van der Waals surface area contributed by atoms with Crippen LogP contribution in [-0.4, -0.2) is 49.4 Å². The lowest BCUT2D eigenvalue weighted by molar-refractivity contribution is -0.135. The molecular formula is C18H25N3O4. The van der Waals surface area contributed by atoms with E-state index in [1.165, 1.54) is 7.05 Å². The van der Waals surface area contributed by atoms with Crippen LogP contribution in [0, 0.1) is 0 Å². The van der Waals surface area contributed by atoms with Crippen molar-refractivity contribution < 1.29 is 19.1 Å². The molecule has 25 heavy (non-hydrogen) atoms. The van der Waals surface area contributed by atoms with Crippen LogP contribution < -0.4 is 15.4 Å². The summed E-state index contributed by atoms with van der Waals surface area (Å²) in [5.74, 6) is 0.0589. The first-order valence-corrected chi connectivity index (χ1v) is 8.59. The maximum absolute atomic E-state index is 12.2. The van der Waals surface area contributed by atoms with E-state index in [0.717, 1.165) is 25.7 Å². The minimum Gasteiger partial charge on any atom is -0.484 e. The number of nitrogens with zero attached hydrogens (tertiary/aromatic N) is 1. The van der Waals surface area contributed by atoms with Crippen LogP contribution in [0.3, 0.4) is 0 Å². The molecule has 0 aromatic heterocycles. The Morgan fingerprint density at radius 1 is 1.16 bits per heavy atom. The van der Waals surface area contributed by atoms with Gasteiger partial charge in [-0.25, -0.2) is 0 Å². The van der Waals surface area contributed by atoms with Gasteiger partial charge in [0, 0.05) is 31.8 Å². The van der Waals surface area contributed by atoms with Crippen molar-refractivity contribution in [1.29, 1.82) is 0 Å². The number of hydrogen-bond acceptors (Lipinski definition) is 4. The van der Waals surface area contributed by atoms with E-state index >= 15 is 0 Å². The lowest BCUT2D eigenvalue weighted by Crippen LogP contribution is -2.39. The molecule has 1 fully saturated rings. The van der Waals surface area contributed by atoms with Crippen molar-refractivity contribution in [1.82, 2.24) is 10.2 Å². The summed E-state index contributed by atoms with van der Waals surface area (Å²) >= 11 is 0. The number of hydrogen-bond donors (Lipinski definition) is 2. The SMILES string of the molecule is CNC(=O)COc1cccc(NC(=O)CN2CCCCCCC2=O)c1. The second-order valence-corrected chi connectivity index (χ2v) is 6.02. The smallest absolute Gasteiger partial charge is 0.257 e. The van der Waals surface area contributed by atoms with Gasteiger partial charge in [0.1, 0.15) is 5.75 Å². The van der Waals surface area contributed by atoms with Gasteiger partial charge in [0.2, 0.25) is 11.8 Å². The number of benzene rings is 1. The third kappa shape index (κ3) is 6.45. The molecule has 3 amide bonds. The van der Waals surface area contributed by atoms with Gasteiger partial charge in [-0.3, -0.25) is 14.4 Å². The normalized spacial score (nSPS) is 15.1. The van der Waals surface area contributed by atoms with E-state index in [-0.39, 0.29) is 30.9 Å². The second-order valence-electron chi connectivity index (χ2n) is 6.02. The summed E-state index contributed by atoms with van der Waals surface area (Å²) in [5.41, 5.74) is 0.568. The van der Waals surface area contributed by atoms with Crippen molar-refractivity contribution in [3.63, 3.8) is 0 Å². The van der Waals surface area contributed by atoms with Crippen LogP contribution in [0.1, 0.15) is 32.1 Å². The van der Waals surface area contributed by atoms with E-state index in [1.54, 1.807) is 29.2 Å². The fourth-order valence-electron chi connectivity index (χ4n) is 2.64. The monoisotopic (exact) mass is 347 g/mol. The number of likely N-dealkylation sites (tertiary alicyclic amines) is 1. The molecule has 1 aliphatic heterocycles. The topological polar surface area (TPSA) is 87.7 Å². The zero-order chi connectivity index (χ0) is 18.1. The Hall–Kier alpha value is -2.57. The Labute approximate surface area is 147 Å². The molecule has 0 saturated carbocycles. The number of carbonyl (C=O) groups is 3. The van der Waals surface area contributed by atoms with E-state index in [9.17, 15) is 14.4 Å². The highest BCUT2D eigenvalue weighted by Gasteiger charge is 2.18. The summed E-state index contributed by atoms with van der Waals surface area (Å²) in [7, 11) is 1.54. The Morgan fingerprint density at radius 2 is 1.96 bits per heavy atom. The molecule has 2 N–H and O–H groups in total. The number of likely N-dealkylation sites (N-methyl/N-ethyl adjacent to an activating group) is 1. The van der Waals surface area contributed by atoms with Gasteiger partial charge in [0.25, 0.3) is 5.91 Å². The Bertz CT molecular complexity index is 618. The van der Waals surface area contributed by atoms with E-state index in [0.29, 0.717) is 24.4 Å². The molecule has 0 bridgehead atoms. The summed E-state index contributed by atoms with van der Waals surface area (Å²) in [5, 5.41) is 5.24.